The van der Waals surface area contributed by atoms with E-state index in [0.717, 1.165) is 35.5 Å². The lowest BCUT2D eigenvalue weighted by atomic mass is 9.78. The number of nitrogens with two attached hydrogens (primary N) is 2. The first kappa shape index (κ1) is 22.7. The van der Waals surface area contributed by atoms with Crippen molar-refractivity contribution >= 4 is 36.6 Å². The van der Waals surface area contributed by atoms with Crippen LogP contribution in [-0.4, -0.2) is 32.9 Å². The average Bonchev–Trinajstić information content (AvgIpc) is 3.12. The minimum Gasteiger partial charge on any atom is -0.497 e. The first-order valence-corrected chi connectivity index (χ1v) is 8.92. The molecule has 8 nitrogen and oxygen atoms in total. The van der Waals surface area contributed by atoms with Gasteiger partial charge in [-0.1, -0.05) is 6.07 Å². The van der Waals surface area contributed by atoms with E-state index in [4.69, 9.17) is 16.2 Å². The number of hydrogen-bond acceptors (Lipinski definition) is 7. The van der Waals surface area contributed by atoms with E-state index >= 15 is 0 Å². The van der Waals surface area contributed by atoms with Gasteiger partial charge in [-0.3, -0.25) is 0 Å². The molecule has 29 heavy (non-hydrogen) atoms. The number of methoxy groups -OCH3 is 1. The van der Waals surface area contributed by atoms with Crippen molar-refractivity contribution in [2.75, 3.05) is 18.2 Å². The topological polar surface area (TPSA) is 117 Å². The Morgan fingerprint density at radius 3 is 2.72 bits per heavy atom. The molecule has 0 bridgehead atoms. The molecule has 3 aromatic rings. The lowest BCUT2D eigenvalue weighted by Crippen LogP contribution is -2.35. The fourth-order valence-electron chi connectivity index (χ4n) is 3.23. The molecule has 0 unspecified atom stereocenters. The number of nitrogens with one attached hydrogen (secondary N) is 1. The molecule has 1 saturated carbocycles. The van der Waals surface area contributed by atoms with Gasteiger partial charge in [0.1, 0.15) is 11.6 Å². The fourth-order valence-corrected chi connectivity index (χ4v) is 3.23. The summed E-state index contributed by atoms with van der Waals surface area (Å²) in [6.45, 7) is 0.587. The van der Waals surface area contributed by atoms with E-state index in [1.165, 1.54) is 0 Å². The second kappa shape index (κ2) is 9.78. The highest BCUT2D eigenvalue weighted by Crippen LogP contribution is 2.35. The van der Waals surface area contributed by atoms with E-state index in [1.807, 2.05) is 47.4 Å². The smallest absolute Gasteiger partial charge is 0.222 e. The summed E-state index contributed by atoms with van der Waals surface area (Å²) in [5, 5.41) is 7.72. The first-order chi connectivity index (χ1) is 13.1. The Bertz CT molecular complexity index is 944. The minimum absolute atomic E-state index is 0. The third kappa shape index (κ3) is 5.29. The van der Waals surface area contributed by atoms with Crippen LogP contribution in [0.5, 0.6) is 5.75 Å². The number of benzene rings is 1. The molecule has 0 amide bonds. The zero-order valence-electron chi connectivity index (χ0n) is 16.0. The number of nitrogen functional groups attached to an aromatic ring is 1. The molecule has 5 N–H and O–H groups in total. The maximum atomic E-state index is 5.88. The minimum atomic E-state index is 0. The zero-order valence-corrected chi connectivity index (χ0v) is 17.6. The number of hydrogen-bond donors (Lipinski definition) is 3. The summed E-state index contributed by atoms with van der Waals surface area (Å²) in [5.41, 5.74) is 14.7. The second-order valence-electron chi connectivity index (χ2n) is 6.81. The SMILES string of the molecule is COc1cccc(-n2cc(CNc3cc(C4CC(N)C4)nc(N)n3)cn2)c1.Cl.Cl. The van der Waals surface area contributed by atoms with Crippen molar-refractivity contribution in [2.24, 2.45) is 5.73 Å². The van der Waals surface area contributed by atoms with Crippen LogP contribution < -0.4 is 21.5 Å². The molecule has 0 aliphatic heterocycles. The Morgan fingerprint density at radius 2 is 2.00 bits per heavy atom. The van der Waals surface area contributed by atoms with Crippen molar-refractivity contribution in [1.82, 2.24) is 19.7 Å². The average molecular weight is 438 g/mol. The predicted molar refractivity (Wildman–Crippen MR) is 118 cm³/mol. The summed E-state index contributed by atoms with van der Waals surface area (Å²) in [5.74, 6) is 2.17. The van der Waals surface area contributed by atoms with Crippen molar-refractivity contribution in [2.45, 2.75) is 31.3 Å². The Labute approximate surface area is 181 Å². The van der Waals surface area contributed by atoms with Crippen LogP contribution in [0.1, 0.15) is 30.0 Å². The van der Waals surface area contributed by atoms with Crippen molar-refractivity contribution in [3.63, 3.8) is 0 Å². The summed E-state index contributed by atoms with van der Waals surface area (Å²) < 4.78 is 7.08. The van der Waals surface area contributed by atoms with Gasteiger partial charge >= 0.3 is 0 Å². The Morgan fingerprint density at radius 1 is 1.21 bits per heavy atom. The zero-order chi connectivity index (χ0) is 18.8. The molecule has 0 spiro atoms. The molecule has 1 aliphatic rings. The van der Waals surface area contributed by atoms with Crippen LogP contribution in [0.2, 0.25) is 0 Å². The molecule has 2 aromatic heterocycles. The molecule has 1 fully saturated rings. The number of aromatic nitrogens is 4. The molecule has 0 saturated heterocycles. The van der Waals surface area contributed by atoms with Crippen LogP contribution in [0, 0.1) is 0 Å². The van der Waals surface area contributed by atoms with Gasteiger partial charge in [-0.05, 0) is 25.0 Å². The lowest BCUT2D eigenvalue weighted by molar-refractivity contribution is 0.345. The molecule has 2 heterocycles. The van der Waals surface area contributed by atoms with Gasteiger partial charge in [0, 0.05) is 42.4 Å². The van der Waals surface area contributed by atoms with Crippen LogP contribution in [0.3, 0.4) is 0 Å². The molecule has 1 aromatic carbocycles. The Hall–Kier alpha value is -2.55. The van der Waals surface area contributed by atoms with Gasteiger partial charge in [0.05, 0.1) is 24.7 Å². The number of halogens is 2. The van der Waals surface area contributed by atoms with Gasteiger partial charge in [0.2, 0.25) is 5.95 Å². The second-order valence-corrected chi connectivity index (χ2v) is 6.81. The van der Waals surface area contributed by atoms with Crippen molar-refractivity contribution in [1.29, 1.82) is 0 Å². The standard InChI is InChI=1S/C19H23N7O.2ClH/c1-27-16-4-2-3-15(7-16)26-11-12(10-23-26)9-22-18-8-17(24-19(21)25-18)13-5-14(20)6-13;;/h2-4,7-8,10-11,13-14H,5-6,9,20H2,1H3,(H3,21,22,24,25);2*1H. The molecular formula is C19H25Cl2N7O. The van der Waals surface area contributed by atoms with Crippen LogP contribution >= 0.6 is 24.8 Å². The van der Waals surface area contributed by atoms with Gasteiger partial charge in [0.15, 0.2) is 0 Å². The Kier molecular flexibility index (Phi) is 7.66. The number of rotatable bonds is 6. The Balaban J connectivity index is 0.00000150. The molecule has 10 heteroatoms. The molecular weight excluding hydrogens is 413 g/mol. The maximum Gasteiger partial charge on any atom is 0.222 e. The lowest BCUT2D eigenvalue weighted by Gasteiger charge is -2.32. The summed E-state index contributed by atoms with van der Waals surface area (Å²) in [4.78, 5) is 8.63. The normalized spacial score (nSPS) is 17.4. The summed E-state index contributed by atoms with van der Waals surface area (Å²) in [7, 11) is 1.65. The van der Waals surface area contributed by atoms with E-state index in [1.54, 1.807) is 7.11 Å². The number of nitrogens with zero attached hydrogens (tertiary/aromatic N) is 4. The van der Waals surface area contributed by atoms with E-state index in [2.05, 4.69) is 20.4 Å². The third-order valence-electron chi connectivity index (χ3n) is 4.78. The van der Waals surface area contributed by atoms with Crippen LogP contribution in [0.15, 0.2) is 42.7 Å². The summed E-state index contributed by atoms with van der Waals surface area (Å²) >= 11 is 0. The van der Waals surface area contributed by atoms with Gasteiger partial charge in [-0.2, -0.15) is 10.1 Å². The van der Waals surface area contributed by atoms with E-state index in [0.29, 0.717) is 18.3 Å². The number of anilines is 2. The van der Waals surface area contributed by atoms with Crippen LogP contribution in [0.4, 0.5) is 11.8 Å². The summed E-state index contributed by atoms with van der Waals surface area (Å²) in [6, 6.07) is 9.98. The van der Waals surface area contributed by atoms with Crippen molar-refractivity contribution in [3.05, 3.63) is 54.0 Å². The molecule has 0 atom stereocenters. The summed E-state index contributed by atoms with van der Waals surface area (Å²) in [6.07, 6.45) is 5.69. The fraction of sp³-hybridized carbons (Fsp3) is 0.316. The highest BCUT2D eigenvalue weighted by Gasteiger charge is 2.29. The van der Waals surface area contributed by atoms with Gasteiger partial charge in [-0.25, -0.2) is 9.67 Å². The molecule has 156 valence electrons. The van der Waals surface area contributed by atoms with Crippen molar-refractivity contribution in [3.8, 4) is 11.4 Å². The first-order valence-electron chi connectivity index (χ1n) is 8.92. The third-order valence-corrected chi connectivity index (χ3v) is 4.78. The predicted octanol–water partition coefficient (Wildman–Crippen LogP) is 2.91. The van der Waals surface area contributed by atoms with Gasteiger partial charge in [0.25, 0.3) is 0 Å². The maximum absolute atomic E-state index is 5.88. The van der Waals surface area contributed by atoms with Gasteiger partial charge < -0.3 is 21.5 Å². The molecule has 1 aliphatic carbocycles. The van der Waals surface area contributed by atoms with Crippen molar-refractivity contribution < 1.29 is 4.74 Å². The van der Waals surface area contributed by atoms with E-state index < -0.39 is 0 Å². The number of ether oxygens (including phenoxy) is 1. The van der Waals surface area contributed by atoms with E-state index in [9.17, 15) is 0 Å². The molecule has 0 radical (unpaired) electrons. The highest BCUT2D eigenvalue weighted by atomic mass is 35.5. The quantitative estimate of drug-likeness (QED) is 0.542. The highest BCUT2D eigenvalue weighted by molar-refractivity contribution is 5.85. The van der Waals surface area contributed by atoms with Crippen LogP contribution in [0.25, 0.3) is 5.69 Å². The molecule has 4 rings (SSSR count). The van der Waals surface area contributed by atoms with E-state index in [-0.39, 0.29) is 36.8 Å². The van der Waals surface area contributed by atoms with Gasteiger partial charge in [-0.15, -0.1) is 24.8 Å². The monoisotopic (exact) mass is 437 g/mol. The largest absolute Gasteiger partial charge is 0.497 e. The van der Waals surface area contributed by atoms with Crippen LogP contribution in [-0.2, 0) is 6.54 Å².